The van der Waals surface area contributed by atoms with Gasteiger partial charge >= 0.3 is 6.18 Å². The second kappa shape index (κ2) is 9.53. The van der Waals surface area contributed by atoms with E-state index in [1.165, 1.54) is 6.07 Å². The molecule has 34 heavy (non-hydrogen) atoms. The number of benzene rings is 1. The van der Waals surface area contributed by atoms with Gasteiger partial charge in [0.05, 0.1) is 23.7 Å². The fraction of sp³-hybridized carbons (Fsp3) is 0.500. The Bertz CT molecular complexity index is 1020. The average molecular weight is 480 g/mol. The zero-order valence-corrected chi connectivity index (χ0v) is 18.4. The first-order chi connectivity index (χ1) is 16.1. The molecule has 2 heterocycles. The van der Waals surface area contributed by atoms with Crippen molar-refractivity contribution in [3.8, 4) is 0 Å². The Morgan fingerprint density at radius 3 is 2.47 bits per heavy atom. The standard InChI is InChI=1S/C22H27F3N6O3/c23-22(24,25)14-3-1-2-13(8-14)21(33)28-9-17(32)29-15-10-31(11-15)16-6-4-12(5-7-16)18-19(26)30-34-20(18)27/h1-3,8,12,15-16H,4-7,9-11,27H2,(H2,26,30)(H,28,33)(H,29,32)/t12-,16+. The van der Waals surface area contributed by atoms with Crippen molar-refractivity contribution in [2.24, 2.45) is 0 Å². The third kappa shape index (κ3) is 5.27. The zero-order valence-electron chi connectivity index (χ0n) is 18.4. The Morgan fingerprint density at radius 2 is 1.85 bits per heavy atom. The minimum absolute atomic E-state index is 0.0277. The highest BCUT2D eigenvalue weighted by Crippen LogP contribution is 2.40. The van der Waals surface area contributed by atoms with E-state index in [1.807, 2.05) is 0 Å². The SMILES string of the molecule is Nc1noc(N)c1[C@H]1CC[C@@H](N2CC(NC(=O)CNC(=O)c3cccc(C(F)(F)F)c3)C2)CC1. The van der Waals surface area contributed by atoms with Crippen molar-refractivity contribution in [1.82, 2.24) is 20.7 Å². The fourth-order valence-electron chi connectivity index (χ4n) is 4.74. The van der Waals surface area contributed by atoms with E-state index in [9.17, 15) is 22.8 Å². The maximum absolute atomic E-state index is 12.8. The Labute approximate surface area is 194 Å². The van der Waals surface area contributed by atoms with Gasteiger partial charge in [-0.2, -0.15) is 13.2 Å². The van der Waals surface area contributed by atoms with Crippen molar-refractivity contribution in [3.05, 3.63) is 41.0 Å². The number of aromatic nitrogens is 1. The topological polar surface area (TPSA) is 140 Å². The molecule has 1 saturated heterocycles. The van der Waals surface area contributed by atoms with Crippen LogP contribution in [-0.4, -0.2) is 53.6 Å². The molecule has 2 amide bonds. The normalized spacial score (nSPS) is 21.6. The van der Waals surface area contributed by atoms with Gasteiger partial charge in [-0.25, -0.2) is 0 Å². The molecule has 0 spiro atoms. The van der Waals surface area contributed by atoms with Gasteiger partial charge in [0.15, 0.2) is 5.82 Å². The summed E-state index contributed by atoms with van der Waals surface area (Å²) in [6, 6.07) is 4.46. The summed E-state index contributed by atoms with van der Waals surface area (Å²) in [7, 11) is 0. The van der Waals surface area contributed by atoms with Crippen LogP contribution in [0.5, 0.6) is 0 Å². The average Bonchev–Trinajstić information content (AvgIpc) is 3.12. The van der Waals surface area contributed by atoms with E-state index in [1.54, 1.807) is 0 Å². The molecule has 12 heteroatoms. The van der Waals surface area contributed by atoms with Crippen LogP contribution in [0, 0.1) is 0 Å². The predicted octanol–water partition coefficient (Wildman–Crippen LogP) is 2.11. The van der Waals surface area contributed by atoms with Crippen LogP contribution in [0.4, 0.5) is 24.9 Å². The Kier molecular flexibility index (Phi) is 6.69. The van der Waals surface area contributed by atoms with E-state index < -0.39 is 17.6 Å². The van der Waals surface area contributed by atoms with Gasteiger partial charge in [0, 0.05) is 24.7 Å². The molecular formula is C22H27F3N6O3. The van der Waals surface area contributed by atoms with Gasteiger partial charge in [-0.05, 0) is 49.8 Å². The minimum Gasteiger partial charge on any atom is -0.381 e. The van der Waals surface area contributed by atoms with Crippen LogP contribution in [0.25, 0.3) is 0 Å². The van der Waals surface area contributed by atoms with Crippen molar-refractivity contribution < 1.29 is 27.3 Å². The van der Waals surface area contributed by atoms with E-state index >= 15 is 0 Å². The summed E-state index contributed by atoms with van der Waals surface area (Å²) in [6.07, 6.45) is -0.740. The third-order valence-electron chi connectivity index (χ3n) is 6.54. The number of hydrogen-bond acceptors (Lipinski definition) is 7. The molecule has 9 nitrogen and oxygen atoms in total. The Balaban J connectivity index is 1.17. The van der Waals surface area contributed by atoms with E-state index in [0.717, 1.165) is 49.4 Å². The molecule has 1 saturated carbocycles. The number of nitrogen functional groups attached to an aromatic ring is 2. The first-order valence-corrected chi connectivity index (χ1v) is 11.1. The first-order valence-electron chi connectivity index (χ1n) is 11.1. The van der Waals surface area contributed by atoms with Gasteiger partial charge < -0.3 is 26.6 Å². The highest BCUT2D eigenvalue weighted by molar-refractivity contribution is 5.96. The van der Waals surface area contributed by atoms with Gasteiger partial charge in [0.2, 0.25) is 11.8 Å². The number of amides is 2. The number of hydrogen-bond donors (Lipinski definition) is 4. The fourth-order valence-corrected chi connectivity index (χ4v) is 4.74. The van der Waals surface area contributed by atoms with Crippen LogP contribution in [0.2, 0.25) is 0 Å². The molecule has 0 atom stereocenters. The highest BCUT2D eigenvalue weighted by Gasteiger charge is 2.36. The van der Waals surface area contributed by atoms with Crippen LogP contribution < -0.4 is 22.1 Å². The number of likely N-dealkylation sites (tertiary alicyclic amines) is 1. The predicted molar refractivity (Wildman–Crippen MR) is 118 cm³/mol. The summed E-state index contributed by atoms with van der Waals surface area (Å²) in [4.78, 5) is 26.6. The molecule has 184 valence electrons. The molecule has 1 aliphatic carbocycles. The second-order valence-electron chi connectivity index (χ2n) is 8.83. The molecule has 2 aliphatic rings. The molecule has 0 radical (unpaired) electrons. The lowest BCUT2D eigenvalue weighted by Gasteiger charge is -2.46. The van der Waals surface area contributed by atoms with Crippen molar-refractivity contribution in [2.45, 2.75) is 49.9 Å². The number of alkyl halides is 3. The summed E-state index contributed by atoms with van der Waals surface area (Å²) in [6.45, 7) is 1.11. The number of carbonyl (C=O) groups is 2. The first kappa shape index (κ1) is 23.9. The monoisotopic (exact) mass is 480 g/mol. The number of nitrogens with two attached hydrogens (primary N) is 2. The van der Waals surface area contributed by atoms with E-state index in [0.29, 0.717) is 24.9 Å². The van der Waals surface area contributed by atoms with Gasteiger partial charge in [0.1, 0.15) is 0 Å². The molecular weight excluding hydrogens is 453 g/mol. The number of carbonyl (C=O) groups excluding carboxylic acids is 2. The zero-order chi connectivity index (χ0) is 24.5. The number of rotatable bonds is 6. The maximum atomic E-state index is 12.8. The van der Waals surface area contributed by atoms with E-state index in [-0.39, 0.29) is 35.9 Å². The maximum Gasteiger partial charge on any atom is 0.416 e. The van der Waals surface area contributed by atoms with Crippen LogP contribution in [0.15, 0.2) is 28.8 Å². The second-order valence-corrected chi connectivity index (χ2v) is 8.83. The third-order valence-corrected chi connectivity index (χ3v) is 6.54. The smallest absolute Gasteiger partial charge is 0.381 e. The molecule has 2 aromatic rings. The van der Waals surface area contributed by atoms with Crippen LogP contribution in [0.3, 0.4) is 0 Å². The van der Waals surface area contributed by atoms with Crippen molar-refractivity contribution in [2.75, 3.05) is 31.1 Å². The van der Waals surface area contributed by atoms with Crippen LogP contribution in [-0.2, 0) is 11.0 Å². The van der Waals surface area contributed by atoms with Crippen LogP contribution in [0.1, 0.15) is 53.1 Å². The summed E-state index contributed by atoms with van der Waals surface area (Å²) < 4.78 is 43.4. The molecule has 6 N–H and O–H groups in total. The summed E-state index contributed by atoms with van der Waals surface area (Å²) in [5.74, 6) is -0.241. The summed E-state index contributed by atoms with van der Waals surface area (Å²) >= 11 is 0. The van der Waals surface area contributed by atoms with Gasteiger partial charge in [-0.1, -0.05) is 11.2 Å². The molecule has 2 fully saturated rings. The molecule has 0 bridgehead atoms. The lowest BCUT2D eigenvalue weighted by atomic mass is 9.80. The van der Waals surface area contributed by atoms with E-state index in [2.05, 4.69) is 20.7 Å². The Morgan fingerprint density at radius 1 is 1.15 bits per heavy atom. The quantitative estimate of drug-likeness (QED) is 0.497. The lowest BCUT2D eigenvalue weighted by Crippen LogP contribution is -2.63. The van der Waals surface area contributed by atoms with Gasteiger partial charge in [0.25, 0.3) is 5.91 Å². The number of halogens is 3. The number of nitrogens with one attached hydrogen (secondary N) is 2. The highest BCUT2D eigenvalue weighted by atomic mass is 19.4. The van der Waals surface area contributed by atoms with Crippen LogP contribution >= 0.6 is 0 Å². The summed E-state index contributed by atoms with van der Waals surface area (Å²) in [5, 5.41) is 8.94. The van der Waals surface area contributed by atoms with Crippen molar-refractivity contribution in [1.29, 1.82) is 0 Å². The molecule has 1 aromatic heterocycles. The largest absolute Gasteiger partial charge is 0.416 e. The molecule has 1 aromatic carbocycles. The van der Waals surface area contributed by atoms with Crippen molar-refractivity contribution >= 4 is 23.5 Å². The molecule has 1 aliphatic heterocycles. The Hall–Kier alpha value is -3.28. The van der Waals surface area contributed by atoms with E-state index in [4.69, 9.17) is 16.0 Å². The van der Waals surface area contributed by atoms with Gasteiger partial charge in [-0.15, -0.1) is 0 Å². The number of nitrogens with zero attached hydrogens (tertiary/aromatic N) is 2. The minimum atomic E-state index is -4.54. The van der Waals surface area contributed by atoms with Gasteiger partial charge in [-0.3, -0.25) is 14.5 Å². The van der Waals surface area contributed by atoms with Crippen molar-refractivity contribution in [3.63, 3.8) is 0 Å². The molecule has 4 rings (SSSR count). The number of anilines is 2. The summed E-state index contributed by atoms with van der Waals surface area (Å²) in [5.41, 5.74) is 11.4. The lowest BCUT2D eigenvalue weighted by molar-refractivity contribution is -0.137. The molecule has 0 unspecified atom stereocenters.